The molecule has 10 heteroatoms. The average molecular weight is 459 g/mol. The number of pyridine rings is 2. The highest BCUT2D eigenvalue weighted by Gasteiger charge is 2.27. The van der Waals surface area contributed by atoms with Gasteiger partial charge in [-0.25, -0.2) is 18.7 Å². The Morgan fingerprint density at radius 1 is 1.25 bits per heavy atom. The van der Waals surface area contributed by atoms with Gasteiger partial charge in [0, 0.05) is 54.9 Å². The first-order valence-electron chi connectivity index (χ1n) is 10.7. The molecule has 3 aromatic heterocycles. The van der Waals surface area contributed by atoms with Gasteiger partial charge in [-0.1, -0.05) is 0 Å². The minimum Gasteiger partial charge on any atom is -0.397 e. The average Bonchev–Trinajstić information content (AvgIpc) is 3.10. The van der Waals surface area contributed by atoms with E-state index in [-0.39, 0.29) is 29.1 Å². The molecule has 1 aliphatic carbocycles. The van der Waals surface area contributed by atoms with E-state index in [9.17, 15) is 13.6 Å². The van der Waals surface area contributed by atoms with Crippen LogP contribution in [0.1, 0.15) is 33.0 Å². The lowest BCUT2D eigenvalue weighted by Crippen LogP contribution is -2.44. The van der Waals surface area contributed by atoms with E-state index >= 15 is 0 Å². The molecule has 1 saturated heterocycles. The van der Waals surface area contributed by atoms with Gasteiger partial charge < -0.3 is 21.3 Å². The predicted molar refractivity (Wildman–Crippen MR) is 121 cm³/mol. The molecule has 1 atom stereocenters. The summed E-state index contributed by atoms with van der Waals surface area (Å²) in [6, 6.07) is 2.59. The van der Waals surface area contributed by atoms with E-state index < -0.39 is 5.82 Å². The maximum Gasteiger partial charge on any atom is 0.263 e. The molecule has 4 N–H and O–H groups in total. The number of hydrogen-bond acceptors (Lipinski definition) is 7. The normalized spacial score (nSPS) is 18.6. The van der Waals surface area contributed by atoms with Gasteiger partial charge in [0.25, 0.3) is 5.91 Å². The SMILES string of the molecule is Cc1nc2sc(C(=O)NC3CCc4nc(N5CCNCC5)cc(F)c4C3)c(N)c2cc1F. The molecule has 0 aromatic carbocycles. The fourth-order valence-corrected chi connectivity index (χ4v) is 5.39. The monoisotopic (exact) mass is 458 g/mol. The molecule has 3 aromatic rings. The summed E-state index contributed by atoms with van der Waals surface area (Å²) in [5.41, 5.74) is 7.92. The van der Waals surface area contributed by atoms with Gasteiger partial charge >= 0.3 is 0 Å². The van der Waals surface area contributed by atoms with E-state index in [0.717, 1.165) is 43.2 Å². The lowest BCUT2D eigenvalue weighted by Gasteiger charge is -2.31. The molecule has 1 fully saturated rings. The van der Waals surface area contributed by atoms with Crippen LogP contribution in [0.25, 0.3) is 10.2 Å². The van der Waals surface area contributed by atoms with E-state index in [4.69, 9.17) is 10.7 Å². The van der Waals surface area contributed by atoms with Crippen molar-refractivity contribution in [1.29, 1.82) is 0 Å². The Kier molecular flexibility index (Phi) is 5.42. The fraction of sp³-hybridized carbons (Fsp3) is 0.409. The van der Waals surface area contributed by atoms with Crippen LogP contribution in [-0.4, -0.2) is 48.1 Å². The fourth-order valence-electron chi connectivity index (χ4n) is 4.36. The van der Waals surface area contributed by atoms with Gasteiger partial charge in [-0.05, 0) is 32.3 Å². The van der Waals surface area contributed by atoms with Gasteiger partial charge in [-0.15, -0.1) is 11.3 Å². The van der Waals surface area contributed by atoms with Crippen LogP contribution in [0.2, 0.25) is 0 Å². The van der Waals surface area contributed by atoms with Crippen molar-refractivity contribution in [3.05, 3.63) is 45.6 Å². The number of aromatic nitrogens is 2. The Morgan fingerprint density at radius 2 is 2.03 bits per heavy atom. The first-order valence-corrected chi connectivity index (χ1v) is 11.5. The Balaban J connectivity index is 1.33. The maximum absolute atomic E-state index is 14.9. The lowest BCUT2D eigenvalue weighted by atomic mass is 9.91. The van der Waals surface area contributed by atoms with Gasteiger partial charge in [0.2, 0.25) is 0 Å². The summed E-state index contributed by atoms with van der Waals surface area (Å²) < 4.78 is 28.8. The second-order valence-corrected chi connectivity index (χ2v) is 9.29. The molecule has 0 saturated carbocycles. The minimum atomic E-state index is -0.457. The van der Waals surface area contributed by atoms with Crippen LogP contribution in [-0.2, 0) is 12.8 Å². The van der Waals surface area contributed by atoms with Gasteiger partial charge in [0.05, 0.1) is 11.4 Å². The number of nitrogens with two attached hydrogens (primary N) is 1. The number of nitrogen functional groups attached to an aromatic ring is 1. The number of carbonyl (C=O) groups is 1. The molecule has 5 rings (SSSR count). The quantitative estimate of drug-likeness (QED) is 0.558. The van der Waals surface area contributed by atoms with Crippen molar-refractivity contribution in [3.8, 4) is 0 Å². The first kappa shape index (κ1) is 21.0. The van der Waals surface area contributed by atoms with Crippen LogP contribution < -0.4 is 21.3 Å². The van der Waals surface area contributed by atoms with Crippen LogP contribution >= 0.6 is 11.3 Å². The predicted octanol–water partition coefficient (Wildman–Crippen LogP) is 2.56. The molecule has 1 amide bonds. The highest BCUT2D eigenvalue weighted by molar-refractivity contribution is 7.21. The molecule has 7 nitrogen and oxygen atoms in total. The number of anilines is 2. The summed E-state index contributed by atoms with van der Waals surface area (Å²) in [6.45, 7) is 4.89. The summed E-state index contributed by atoms with van der Waals surface area (Å²) in [4.78, 5) is 24.7. The van der Waals surface area contributed by atoms with Crippen molar-refractivity contribution >= 4 is 39.0 Å². The topological polar surface area (TPSA) is 96.2 Å². The smallest absolute Gasteiger partial charge is 0.263 e. The van der Waals surface area contributed by atoms with Crippen LogP contribution in [0.4, 0.5) is 20.3 Å². The summed E-state index contributed by atoms with van der Waals surface area (Å²) in [6.07, 6.45) is 1.62. The molecule has 168 valence electrons. The molecule has 4 heterocycles. The largest absolute Gasteiger partial charge is 0.397 e. The summed E-state index contributed by atoms with van der Waals surface area (Å²) in [5, 5.41) is 6.69. The number of fused-ring (bicyclic) bond motifs is 2. The van der Waals surface area contributed by atoms with E-state index in [0.29, 0.717) is 45.7 Å². The van der Waals surface area contributed by atoms with Crippen LogP contribution in [0.3, 0.4) is 0 Å². The number of thiophene rings is 1. The highest BCUT2D eigenvalue weighted by atomic mass is 32.1. The summed E-state index contributed by atoms with van der Waals surface area (Å²) in [7, 11) is 0. The zero-order valence-corrected chi connectivity index (χ0v) is 18.5. The third-order valence-corrected chi connectivity index (χ3v) is 7.27. The molecular formula is C22H24F2N6OS. The zero-order valence-electron chi connectivity index (χ0n) is 17.7. The second-order valence-electron chi connectivity index (χ2n) is 8.29. The lowest BCUT2D eigenvalue weighted by molar-refractivity contribution is 0.0938. The van der Waals surface area contributed by atoms with Crippen molar-refractivity contribution in [1.82, 2.24) is 20.6 Å². The van der Waals surface area contributed by atoms with E-state index in [1.165, 1.54) is 12.1 Å². The number of aryl methyl sites for hydroxylation is 2. The number of amides is 1. The Labute approximate surface area is 188 Å². The zero-order chi connectivity index (χ0) is 22.4. The number of nitrogens with one attached hydrogen (secondary N) is 2. The van der Waals surface area contributed by atoms with Gasteiger partial charge in [0.1, 0.15) is 27.2 Å². The van der Waals surface area contributed by atoms with Gasteiger partial charge in [-0.3, -0.25) is 4.79 Å². The first-order chi connectivity index (χ1) is 15.4. The number of rotatable bonds is 3. The molecule has 32 heavy (non-hydrogen) atoms. The molecule has 2 aliphatic rings. The molecule has 1 unspecified atom stereocenters. The van der Waals surface area contributed by atoms with Crippen molar-refractivity contribution in [3.63, 3.8) is 0 Å². The number of nitrogens with zero attached hydrogens (tertiary/aromatic N) is 3. The molecule has 0 spiro atoms. The van der Waals surface area contributed by atoms with Gasteiger partial charge in [0.15, 0.2) is 0 Å². The Bertz CT molecular complexity index is 1210. The van der Waals surface area contributed by atoms with Crippen molar-refractivity contribution in [2.24, 2.45) is 0 Å². The Hall–Kier alpha value is -2.85. The van der Waals surface area contributed by atoms with E-state index in [2.05, 4.69) is 20.5 Å². The third-order valence-electron chi connectivity index (χ3n) is 6.15. The Morgan fingerprint density at radius 3 is 2.81 bits per heavy atom. The molecular weight excluding hydrogens is 434 g/mol. The maximum atomic E-state index is 14.9. The number of halogens is 2. The van der Waals surface area contributed by atoms with Crippen molar-refractivity contribution < 1.29 is 13.6 Å². The van der Waals surface area contributed by atoms with Crippen molar-refractivity contribution in [2.75, 3.05) is 36.8 Å². The molecule has 0 bridgehead atoms. The van der Waals surface area contributed by atoms with Gasteiger partial charge in [-0.2, -0.15) is 0 Å². The standard InChI is InChI=1S/C22H24F2N6OS/c1-11-15(23)9-14-19(25)20(32-22(14)27-11)21(31)28-12-2-3-17-13(8-12)16(24)10-18(29-17)30-6-4-26-5-7-30/h9-10,12,26H,2-8,25H2,1H3,(H,28,31). The number of hydrogen-bond donors (Lipinski definition) is 3. The minimum absolute atomic E-state index is 0.221. The molecule has 1 aliphatic heterocycles. The van der Waals surface area contributed by atoms with E-state index in [1.54, 1.807) is 6.92 Å². The number of piperazine rings is 1. The molecule has 0 radical (unpaired) electrons. The number of carbonyl (C=O) groups excluding carboxylic acids is 1. The third kappa shape index (κ3) is 3.77. The van der Waals surface area contributed by atoms with Crippen LogP contribution in [0.5, 0.6) is 0 Å². The highest BCUT2D eigenvalue weighted by Crippen LogP contribution is 2.34. The van der Waals surface area contributed by atoms with Crippen LogP contribution in [0, 0.1) is 18.6 Å². The summed E-state index contributed by atoms with van der Waals surface area (Å²) >= 11 is 1.14. The van der Waals surface area contributed by atoms with Crippen LogP contribution in [0.15, 0.2) is 12.1 Å². The summed E-state index contributed by atoms with van der Waals surface area (Å²) in [5.74, 6) is -0.402. The van der Waals surface area contributed by atoms with E-state index in [1.807, 2.05) is 0 Å². The van der Waals surface area contributed by atoms with Crippen molar-refractivity contribution in [2.45, 2.75) is 32.2 Å². The second kappa shape index (κ2) is 8.25.